The lowest BCUT2D eigenvalue weighted by Crippen LogP contribution is -2.01. The number of hydrogen-bond acceptors (Lipinski definition) is 2. The van der Waals surface area contributed by atoms with Crippen LogP contribution < -0.4 is 0 Å². The monoisotopic (exact) mass is 174 g/mol. The SMILES string of the molecule is Cc1cnc(C#N)c(C)c1C(C)C. The van der Waals surface area contributed by atoms with Gasteiger partial charge in [0.25, 0.3) is 0 Å². The Morgan fingerprint density at radius 1 is 1.38 bits per heavy atom. The molecule has 1 heterocycles. The van der Waals surface area contributed by atoms with Gasteiger partial charge < -0.3 is 0 Å². The lowest BCUT2D eigenvalue weighted by molar-refractivity contribution is 0.838. The molecule has 0 aliphatic heterocycles. The van der Waals surface area contributed by atoms with Gasteiger partial charge >= 0.3 is 0 Å². The summed E-state index contributed by atoms with van der Waals surface area (Å²) in [5.41, 5.74) is 4.00. The normalized spacial score (nSPS) is 10.2. The molecular weight excluding hydrogens is 160 g/mol. The molecule has 0 aliphatic rings. The summed E-state index contributed by atoms with van der Waals surface area (Å²) < 4.78 is 0. The molecule has 1 aromatic rings. The molecule has 0 N–H and O–H groups in total. The number of aromatic nitrogens is 1. The number of nitriles is 1. The van der Waals surface area contributed by atoms with Gasteiger partial charge in [0.2, 0.25) is 0 Å². The zero-order chi connectivity index (χ0) is 10.0. The van der Waals surface area contributed by atoms with Crippen molar-refractivity contribution >= 4 is 0 Å². The zero-order valence-corrected chi connectivity index (χ0v) is 8.55. The smallest absolute Gasteiger partial charge is 0.143 e. The molecule has 2 heteroatoms. The van der Waals surface area contributed by atoms with E-state index < -0.39 is 0 Å². The van der Waals surface area contributed by atoms with Crippen molar-refractivity contribution in [2.75, 3.05) is 0 Å². The van der Waals surface area contributed by atoms with Gasteiger partial charge in [-0.15, -0.1) is 0 Å². The summed E-state index contributed by atoms with van der Waals surface area (Å²) in [7, 11) is 0. The predicted octanol–water partition coefficient (Wildman–Crippen LogP) is 2.69. The summed E-state index contributed by atoms with van der Waals surface area (Å²) in [5, 5.41) is 8.80. The number of pyridine rings is 1. The second-order valence-corrected chi connectivity index (χ2v) is 3.59. The van der Waals surface area contributed by atoms with E-state index in [0.717, 1.165) is 5.56 Å². The van der Waals surface area contributed by atoms with Crippen LogP contribution >= 0.6 is 0 Å². The van der Waals surface area contributed by atoms with E-state index in [0.29, 0.717) is 11.6 Å². The first-order chi connectivity index (χ1) is 6.07. The summed E-state index contributed by atoms with van der Waals surface area (Å²) >= 11 is 0. The minimum absolute atomic E-state index is 0.454. The molecule has 0 fully saturated rings. The summed E-state index contributed by atoms with van der Waals surface area (Å²) in [6.07, 6.45) is 1.78. The highest BCUT2D eigenvalue weighted by atomic mass is 14.7. The maximum atomic E-state index is 8.80. The van der Waals surface area contributed by atoms with Crippen LogP contribution in [0.25, 0.3) is 0 Å². The Morgan fingerprint density at radius 3 is 2.46 bits per heavy atom. The zero-order valence-electron chi connectivity index (χ0n) is 8.55. The Bertz CT molecular complexity index is 359. The molecule has 0 saturated carbocycles. The molecular formula is C11H14N2. The third-order valence-electron chi connectivity index (χ3n) is 2.25. The molecule has 0 atom stereocenters. The highest BCUT2D eigenvalue weighted by molar-refractivity contribution is 5.41. The van der Waals surface area contributed by atoms with Crippen molar-refractivity contribution in [3.05, 3.63) is 28.6 Å². The van der Waals surface area contributed by atoms with Crippen LogP contribution in [0.3, 0.4) is 0 Å². The quantitative estimate of drug-likeness (QED) is 0.656. The van der Waals surface area contributed by atoms with Gasteiger partial charge in [0.1, 0.15) is 11.8 Å². The van der Waals surface area contributed by atoms with Gasteiger partial charge in [-0.2, -0.15) is 5.26 Å². The van der Waals surface area contributed by atoms with Crippen LogP contribution in [0.2, 0.25) is 0 Å². The lowest BCUT2D eigenvalue weighted by atomic mass is 9.94. The van der Waals surface area contributed by atoms with Crippen LogP contribution in [0.4, 0.5) is 0 Å². The first-order valence-electron chi connectivity index (χ1n) is 4.44. The average molecular weight is 174 g/mol. The van der Waals surface area contributed by atoms with E-state index in [-0.39, 0.29) is 0 Å². The molecule has 0 aliphatic carbocycles. The van der Waals surface area contributed by atoms with Crippen LogP contribution in [0.1, 0.15) is 42.1 Å². The summed E-state index contributed by atoms with van der Waals surface area (Å²) in [5.74, 6) is 0.454. The Hall–Kier alpha value is -1.36. The molecule has 0 radical (unpaired) electrons. The van der Waals surface area contributed by atoms with Gasteiger partial charge in [0, 0.05) is 6.20 Å². The Kier molecular flexibility index (Phi) is 2.67. The summed E-state index contributed by atoms with van der Waals surface area (Å²) in [6, 6.07) is 2.11. The molecule has 0 saturated heterocycles. The van der Waals surface area contributed by atoms with Gasteiger partial charge in [-0.05, 0) is 36.5 Å². The van der Waals surface area contributed by atoms with Crippen molar-refractivity contribution in [3.8, 4) is 6.07 Å². The van der Waals surface area contributed by atoms with Crippen molar-refractivity contribution < 1.29 is 0 Å². The van der Waals surface area contributed by atoms with E-state index in [9.17, 15) is 0 Å². The standard InChI is InChI=1S/C11H14N2/c1-7(2)11-8(3)6-13-10(5-12)9(11)4/h6-7H,1-4H3. The van der Waals surface area contributed by atoms with Crippen molar-refractivity contribution in [1.29, 1.82) is 5.26 Å². The van der Waals surface area contributed by atoms with E-state index in [1.807, 2.05) is 13.8 Å². The van der Waals surface area contributed by atoms with Gasteiger partial charge in [0.15, 0.2) is 0 Å². The first-order valence-corrected chi connectivity index (χ1v) is 4.44. The second kappa shape index (κ2) is 3.57. The third kappa shape index (κ3) is 1.70. The first kappa shape index (κ1) is 9.73. The Labute approximate surface area is 79.2 Å². The fourth-order valence-corrected chi connectivity index (χ4v) is 1.75. The van der Waals surface area contributed by atoms with Crippen molar-refractivity contribution in [1.82, 2.24) is 4.98 Å². The molecule has 2 nitrogen and oxygen atoms in total. The second-order valence-electron chi connectivity index (χ2n) is 3.59. The maximum absolute atomic E-state index is 8.80. The molecule has 1 rings (SSSR count). The van der Waals surface area contributed by atoms with Gasteiger partial charge in [-0.1, -0.05) is 13.8 Å². The molecule has 0 unspecified atom stereocenters. The van der Waals surface area contributed by atoms with Crippen LogP contribution in [0.5, 0.6) is 0 Å². The van der Waals surface area contributed by atoms with Crippen LogP contribution in [-0.4, -0.2) is 4.98 Å². The fourth-order valence-electron chi connectivity index (χ4n) is 1.75. The molecule has 0 aromatic carbocycles. The highest BCUT2D eigenvalue weighted by Crippen LogP contribution is 2.23. The molecule has 68 valence electrons. The Balaban J connectivity index is 3.41. The van der Waals surface area contributed by atoms with Crippen molar-refractivity contribution in [3.63, 3.8) is 0 Å². The average Bonchev–Trinajstić information content (AvgIpc) is 2.04. The van der Waals surface area contributed by atoms with E-state index in [4.69, 9.17) is 5.26 Å². The molecule has 13 heavy (non-hydrogen) atoms. The van der Waals surface area contributed by atoms with Gasteiger partial charge in [0.05, 0.1) is 0 Å². The topological polar surface area (TPSA) is 36.7 Å². The van der Waals surface area contributed by atoms with Crippen LogP contribution in [-0.2, 0) is 0 Å². The summed E-state index contributed by atoms with van der Waals surface area (Å²) in [6.45, 7) is 8.28. The number of nitrogens with zero attached hydrogens (tertiary/aromatic N) is 2. The third-order valence-corrected chi connectivity index (χ3v) is 2.25. The number of hydrogen-bond donors (Lipinski definition) is 0. The minimum Gasteiger partial charge on any atom is -0.245 e. The lowest BCUT2D eigenvalue weighted by Gasteiger charge is -2.13. The molecule has 1 aromatic heterocycles. The number of aryl methyl sites for hydroxylation is 1. The molecule has 0 bridgehead atoms. The van der Waals surface area contributed by atoms with Crippen molar-refractivity contribution in [2.45, 2.75) is 33.6 Å². The molecule has 0 spiro atoms. The highest BCUT2D eigenvalue weighted by Gasteiger charge is 2.10. The van der Waals surface area contributed by atoms with E-state index in [1.165, 1.54) is 11.1 Å². The van der Waals surface area contributed by atoms with E-state index in [2.05, 4.69) is 24.9 Å². The van der Waals surface area contributed by atoms with Crippen molar-refractivity contribution in [2.24, 2.45) is 0 Å². The van der Waals surface area contributed by atoms with Crippen LogP contribution in [0.15, 0.2) is 6.20 Å². The largest absolute Gasteiger partial charge is 0.245 e. The summed E-state index contributed by atoms with van der Waals surface area (Å²) in [4.78, 5) is 4.08. The minimum atomic E-state index is 0.454. The Morgan fingerprint density at radius 2 is 2.00 bits per heavy atom. The molecule has 0 amide bonds. The van der Waals surface area contributed by atoms with Crippen LogP contribution in [0, 0.1) is 25.2 Å². The van der Waals surface area contributed by atoms with Gasteiger partial charge in [-0.3, -0.25) is 0 Å². The van der Waals surface area contributed by atoms with E-state index in [1.54, 1.807) is 6.20 Å². The predicted molar refractivity (Wildman–Crippen MR) is 52.5 cm³/mol. The number of rotatable bonds is 1. The fraction of sp³-hybridized carbons (Fsp3) is 0.455. The van der Waals surface area contributed by atoms with E-state index >= 15 is 0 Å². The maximum Gasteiger partial charge on any atom is 0.143 e. The van der Waals surface area contributed by atoms with Gasteiger partial charge in [-0.25, -0.2) is 4.98 Å².